The van der Waals surface area contributed by atoms with E-state index in [9.17, 15) is 0 Å². The topological polar surface area (TPSA) is 39.2 Å². The Labute approximate surface area is 91.3 Å². The Morgan fingerprint density at radius 1 is 1.43 bits per heavy atom. The maximum atomic E-state index is 5.95. The van der Waals surface area contributed by atoms with Crippen molar-refractivity contribution >= 4 is 22.9 Å². The third-order valence-electron chi connectivity index (χ3n) is 1.96. The first-order valence-electron chi connectivity index (χ1n) is 4.29. The van der Waals surface area contributed by atoms with Gasteiger partial charge in [0.2, 0.25) is 0 Å². The number of nitrogens with two attached hydrogens (primary N) is 1. The molecular weight excluding hydrogens is 218 g/mol. The number of hydrogen-bond acceptors (Lipinski definition) is 3. The van der Waals surface area contributed by atoms with Gasteiger partial charge in [0.15, 0.2) is 0 Å². The van der Waals surface area contributed by atoms with Crippen molar-refractivity contribution in [3.8, 4) is 0 Å². The van der Waals surface area contributed by atoms with Gasteiger partial charge in [0.1, 0.15) is 5.76 Å². The van der Waals surface area contributed by atoms with Crippen molar-refractivity contribution in [3.05, 3.63) is 45.5 Å². The zero-order chi connectivity index (χ0) is 9.97. The minimum absolute atomic E-state index is 0.0836. The van der Waals surface area contributed by atoms with Crippen LogP contribution in [0.3, 0.4) is 0 Å². The molecule has 14 heavy (non-hydrogen) atoms. The van der Waals surface area contributed by atoms with E-state index >= 15 is 0 Å². The van der Waals surface area contributed by atoms with E-state index in [1.807, 2.05) is 24.3 Å². The van der Waals surface area contributed by atoms with Gasteiger partial charge in [-0.3, -0.25) is 0 Å². The van der Waals surface area contributed by atoms with Gasteiger partial charge in [-0.2, -0.15) is 0 Å². The van der Waals surface area contributed by atoms with Crippen molar-refractivity contribution in [2.75, 3.05) is 0 Å². The Morgan fingerprint density at radius 2 is 2.29 bits per heavy atom. The first kappa shape index (κ1) is 9.77. The fourth-order valence-corrected chi connectivity index (χ4v) is 2.43. The van der Waals surface area contributed by atoms with Crippen LogP contribution in [0.15, 0.2) is 34.9 Å². The molecule has 0 saturated heterocycles. The Morgan fingerprint density at radius 3 is 2.86 bits per heavy atom. The van der Waals surface area contributed by atoms with Crippen LogP contribution in [-0.4, -0.2) is 0 Å². The number of halogens is 1. The quantitative estimate of drug-likeness (QED) is 0.875. The van der Waals surface area contributed by atoms with E-state index in [0.717, 1.165) is 16.5 Å². The molecule has 0 fully saturated rings. The molecule has 0 saturated carbocycles. The molecular formula is C10H10ClNOS. The molecule has 2 heterocycles. The summed E-state index contributed by atoms with van der Waals surface area (Å²) in [4.78, 5) is 1.18. The smallest absolute Gasteiger partial charge is 0.120 e. The average molecular weight is 228 g/mol. The van der Waals surface area contributed by atoms with E-state index in [1.54, 1.807) is 17.6 Å². The van der Waals surface area contributed by atoms with Crippen LogP contribution in [0.25, 0.3) is 0 Å². The lowest BCUT2D eigenvalue weighted by atomic mass is 10.1. The summed E-state index contributed by atoms with van der Waals surface area (Å²) >= 11 is 7.38. The molecule has 0 aliphatic carbocycles. The van der Waals surface area contributed by atoms with Crippen LogP contribution in [0.4, 0.5) is 0 Å². The molecule has 0 bridgehead atoms. The second-order valence-corrected chi connectivity index (χ2v) is 4.83. The van der Waals surface area contributed by atoms with Crippen molar-refractivity contribution in [1.82, 2.24) is 0 Å². The minimum Gasteiger partial charge on any atom is -0.468 e. The molecule has 2 nitrogen and oxygen atoms in total. The zero-order valence-corrected chi connectivity index (χ0v) is 9.02. The average Bonchev–Trinajstić information content (AvgIpc) is 2.75. The van der Waals surface area contributed by atoms with Gasteiger partial charge in [0.05, 0.1) is 16.6 Å². The summed E-state index contributed by atoms with van der Waals surface area (Å²) in [5.41, 5.74) is 5.95. The predicted octanol–water partition coefficient (Wildman–Crippen LogP) is 3.24. The zero-order valence-electron chi connectivity index (χ0n) is 7.44. The number of furan rings is 1. The molecule has 4 heteroatoms. The van der Waals surface area contributed by atoms with Gasteiger partial charge in [-0.25, -0.2) is 0 Å². The summed E-state index contributed by atoms with van der Waals surface area (Å²) < 4.78 is 6.02. The molecule has 0 amide bonds. The number of thiophene rings is 1. The minimum atomic E-state index is -0.0836. The van der Waals surface area contributed by atoms with Crippen LogP contribution in [-0.2, 0) is 6.42 Å². The van der Waals surface area contributed by atoms with Gasteiger partial charge in [-0.1, -0.05) is 11.6 Å². The van der Waals surface area contributed by atoms with Crippen LogP contribution >= 0.6 is 22.9 Å². The summed E-state index contributed by atoms with van der Waals surface area (Å²) in [7, 11) is 0. The van der Waals surface area contributed by atoms with Crippen LogP contribution < -0.4 is 5.73 Å². The van der Waals surface area contributed by atoms with Gasteiger partial charge < -0.3 is 10.2 Å². The Bertz CT molecular complexity index is 396. The molecule has 2 aromatic heterocycles. The molecule has 0 spiro atoms. The van der Waals surface area contributed by atoms with Crippen molar-refractivity contribution in [2.24, 2.45) is 5.73 Å². The molecule has 2 N–H and O–H groups in total. The molecule has 0 aliphatic heterocycles. The maximum absolute atomic E-state index is 5.95. The molecule has 1 atom stereocenters. The fourth-order valence-electron chi connectivity index (χ4n) is 1.28. The summed E-state index contributed by atoms with van der Waals surface area (Å²) in [6.07, 6.45) is 2.40. The molecule has 1 unspecified atom stereocenters. The second kappa shape index (κ2) is 4.17. The van der Waals surface area contributed by atoms with E-state index in [-0.39, 0.29) is 6.04 Å². The van der Waals surface area contributed by atoms with E-state index in [0.29, 0.717) is 0 Å². The third-order valence-corrected chi connectivity index (χ3v) is 3.21. The number of rotatable bonds is 3. The normalized spacial score (nSPS) is 13.0. The maximum Gasteiger partial charge on any atom is 0.120 e. The Hall–Kier alpha value is -0.770. The highest BCUT2D eigenvalue weighted by molar-refractivity contribution is 7.16. The van der Waals surface area contributed by atoms with Gasteiger partial charge >= 0.3 is 0 Å². The van der Waals surface area contributed by atoms with E-state index in [4.69, 9.17) is 21.8 Å². The van der Waals surface area contributed by atoms with Crippen molar-refractivity contribution in [2.45, 2.75) is 12.5 Å². The lowest BCUT2D eigenvalue weighted by Crippen LogP contribution is -2.11. The van der Waals surface area contributed by atoms with Crippen LogP contribution in [0.1, 0.15) is 16.7 Å². The predicted molar refractivity (Wildman–Crippen MR) is 58.7 cm³/mol. The third kappa shape index (κ3) is 2.18. The second-order valence-electron chi connectivity index (χ2n) is 3.03. The van der Waals surface area contributed by atoms with Gasteiger partial charge in [-0.15, -0.1) is 11.3 Å². The van der Waals surface area contributed by atoms with Gasteiger partial charge in [-0.05, 0) is 24.3 Å². The Balaban J connectivity index is 2.05. The molecule has 2 aromatic rings. The summed E-state index contributed by atoms with van der Waals surface area (Å²) in [6.45, 7) is 0. The highest BCUT2D eigenvalue weighted by Crippen LogP contribution is 2.25. The van der Waals surface area contributed by atoms with E-state index in [1.165, 1.54) is 4.88 Å². The lowest BCUT2D eigenvalue weighted by Gasteiger charge is -2.05. The van der Waals surface area contributed by atoms with Crippen LogP contribution in [0.5, 0.6) is 0 Å². The number of hydrogen-bond donors (Lipinski definition) is 1. The van der Waals surface area contributed by atoms with Crippen molar-refractivity contribution < 1.29 is 4.42 Å². The van der Waals surface area contributed by atoms with Gasteiger partial charge in [0, 0.05) is 11.3 Å². The molecule has 0 aliphatic rings. The summed E-state index contributed by atoms with van der Waals surface area (Å²) in [5.74, 6) is 0.814. The molecule has 2 rings (SSSR count). The lowest BCUT2D eigenvalue weighted by molar-refractivity contribution is 0.466. The van der Waals surface area contributed by atoms with Crippen molar-refractivity contribution in [3.63, 3.8) is 0 Å². The van der Waals surface area contributed by atoms with Crippen LogP contribution in [0.2, 0.25) is 4.34 Å². The highest BCUT2D eigenvalue weighted by Gasteiger charge is 2.10. The molecule has 0 radical (unpaired) electrons. The first-order valence-corrected chi connectivity index (χ1v) is 5.48. The summed E-state index contributed by atoms with van der Waals surface area (Å²) in [5, 5.41) is 0. The van der Waals surface area contributed by atoms with Gasteiger partial charge in [0.25, 0.3) is 0 Å². The first-order chi connectivity index (χ1) is 6.75. The van der Waals surface area contributed by atoms with Crippen LogP contribution in [0, 0.1) is 0 Å². The summed E-state index contributed by atoms with van der Waals surface area (Å²) in [6, 6.07) is 7.53. The van der Waals surface area contributed by atoms with E-state index in [2.05, 4.69) is 0 Å². The highest BCUT2D eigenvalue weighted by atomic mass is 35.5. The molecule has 74 valence electrons. The standard InChI is InChI=1S/C10H10ClNOS/c11-10-4-3-7(14-10)6-8(12)9-2-1-5-13-9/h1-5,8H,6,12H2. The van der Waals surface area contributed by atoms with E-state index < -0.39 is 0 Å². The monoisotopic (exact) mass is 227 g/mol. The SMILES string of the molecule is NC(Cc1ccc(Cl)s1)c1ccco1. The Kier molecular flexibility index (Phi) is 2.91. The largest absolute Gasteiger partial charge is 0.468 e. The molecule has 0 aromatic carbocycles. The fraction of sp³-hybridized carbons (Fsp3) is 0.200. The van der Waals surface area contributed by atoms with Crippen molar-refractivity contribution in [1.29, 1.82) is 0 Å².